The lowest BCUT2D eigenvalue weighted by molar-refractivity contribution is -0.139. The maximum Gasteiger partial charge on any atom is 0.310 e. The zero-order chi connectivity index (χ0) is 13.0. The number of nitrogens with zero attached hydrogens (tertiary/aromatic N) is 2. The summed E-state index contributed by atoms with van der Waals surface area (Å²) in [5.74, 6) is -0.587. The third-order valence-corrected chi connectivity index (χ3v) is 2.30. The molecule has 17 heavy (non-hydrogen) atoms. The van der Waals surface area contributed by atoms with Crippen LogP contribution in [-0.2, 0) is 16.0 Å². The predicted molar refractivity (Wildman–Crippen MR) is 54.4 cm³/mol. The number of carbonyl (C=O) groups excluding carboxylic acids is 1. The molecule has 0 spiro atoms. The van der Waals surface area contributed by atoms with Gasteiger partial charge in [-0.2, -0.15) is 5.26 Å². The second-order valence-electron chi connectivity index (χ2n) is 3.35. The van der Waals surface area contributed by atoms with Crippen LogP contribution in [0.3, 0.4) is 0 Å². The Balaban J connectivity index is 3.32. The fraction of sp³-hybridized carbons (Fsp3) is 0.364. The van der Waals surface area contributed by atoms with E-state index >= 15 is 0 Å². The molecule has 0 bridgehead atoms. The average molecular weight is 240 g/mol. The molecule has 1 rings (SSSR count). The highest BCUT2D eigenvalue weighted by molar-refractivity contribution is 5.74. The quantitative estimate of drug-likeness (QED) is 0.757. The van der Waals surface area contributed by atoms with Crippen LogP contribution in [0.5, 0.6) is 0 Å². The number of hydrogen-bond donors (Lipinski definition) is 0. The molecule has 0 aliphatic rings. The standard InChI is InChI=1S/C11H10F2N2O2/c1-6-5-15-10(11(12)13)8(4-14)7(6)3-9(16)17-2/h5,11H,3H2,1-2H3. The largest absolute Gasteiger partial charge is 0.469 e. The molecule has 0 aliphatic carbocycles. The van der Waals surface area contributed by atoms with Gasteiger partial charge in [-0.15, -0.1) is 0 Å². The first-order valence-corrected chi connectivity index (χ1v) is 4.74. The average Bonchev–Trinajstić information content (AvgIpc) is 2.30. The first-order chi connectivity index (χ1) is 8.01. The molecule has 0 saturated carbocycles. The number of halogens is 2. The molecule has 4 nitrogen and oxygen atoms in total. The van der Waals surface area contributed by atoms with Gasteiger partial charge >= 0.3 is 5.97 Å². The van der Waals surface area contributed by atoms with E-state index in [1.165, 1.54) is 13.3 Å². The van der Waals surface area contributed by atoms with Gasteiger partial charge < -0.3 is 4.74 Å². The van der Waals surface area contributed by atoms with E-state index in [1.54, 1.807) is 13.0 Å². The molecule has 0 aliphatic heterocycles. The summed E-state index contributed by atoms with van der Waals surface area (Å²) in [5, 5.41) is 8.88. The smallest absolute Gasteiger partial charge is 0.310 e. The molecule has 1 aromatic rings. The zero-order valence-electron chi connectivity index (χ0n) is 9.33. The van der Waals surface area contributed by atoms with E-state index in [2.05, 4.69) is 9.72 Å². The van der Waals surface area contributed by atoms with E-state index in [4.69, 9.17) is 5.26 Å². The van der Waals surface area contributed by atoms with Crippen LogP contribution in [0.2, 0.25) is 0 Å². The zero-order valence-corrected chi connectivity index (χ0v) is 9.33. The van der Waals surface area contributed by atoms with Crippen LogP contribution in [0.1, 0.15) is 28.8 Å². The van der Waals surface area contributed by atoms with Crippen molar-refractivity contribution in [1.29, 1.82) is 5.26 Å². The summed E-state index contributed by atoms with van der Waals surface area (Å²) in [7, 11) is 1.19. The summed E-state index contributed by atoms with van der Waals surface area (Å²) < 4.78 is 29.7. The van der Waals surface area contributed by atoms with Crippen molar-refractivity contribution in [3.05, 3.63) is 28.6 Å². The highest BCUT2D eigenvalue weighted by Crippen LogP contribution is 2.25. The van der Waals surface area contributed by atoms with Gasteiger partial charge in [-0.25, -0.2) is 8.78 Å². The highest BCUT2D eigenvalue weighted by atomic mass is 19.3. The molecular formula is C11H10F2N2O2. The minimum absolute atomic E-state index is 0.215. The van der Waals surface area contributed by atoms with Gasteiger partial charge in [-0.1, -0.05) is 0 Å². The van der Waals surface area contributed by atoms with E-state index in [9.17, 15) is 13.6 Å². The molecule has 0 radical (unpaired) electrons. The number of carbonyl (C=O) groups is 1. The molecule has 0 fully saturated rings. The number of esters is 1. The van der Waals surface area contributed by atoms with Crippen molar-refractivity contribution in [2.75, 3.05) is 7.11 Å². The number of aryl methyl sites for hydroxylation is 1. The van der Waals surface area contributed by atoms with Crippen molar-refractivity contribution in [3.8, 4) is 6.07 Å². The summed E-state index contributed by atoms with van der Waals surface area (Å²) in [4.78, 5) is 14.7. The molecule has 0 saturated heterocycles. The minimum atomic E-state index is -2.85. The van der Waals surface area contributed by atoms with Crippen molar-refractivity contribution in [1.82, 2.24) is 4.98 Å². The van der Waals surface area contributed by atoms with E-state index < -0.39 is 18.1 Å². The maximum atomic E-state index is 12.6. The maximum absolute atomic E-state index is 12.6. The lowest BCUT2D eigenvalue weighted by Gasteiger charge is -2.10. The number of methoxy groups -OCH3 is 1. The topological polar surface area (TPSA) is 63.0 Å². The molecule has 6 heteroatoms. The predicted octanol–water partition coefficient (Wildman–Crippen LogP) is 1.91. The first-order valence-electron chi connectivity index (χ1n) is 4.74. The van der Waals surface area contributed by atoms with Crippen molar-refractivity contribution in [3.63, 3.8) is 0 Å². The Morgan fingerprint density at radius 3 is 2.76 bits per heavy atom. The third kappa shape index (κ3) is 2.75. The molecular weight excluding hydrogens is 230 g/mol. The fourth-order valence-electron chi connectivity index (χ4n) is 1.40. The Morgan fingerprint density at radius 2 is 2.29 bits per heavy atom. The second kappa shape index (κ2) is 5.34. The Morgan fingerprint density at radius 1 is 1.65 bits per heavy atom. The van der Waals surface area contributed by atoms with Crippen LogP contribution < -0.4 is 0 Å². The number of hydrogen-bond acceptors (Lipinski definition) is 4. The van der Waals surface area contributed by atoms with Crippen LogP contribution in [0.15, 0.2) is 6.20 Å². The number of pyridine rings is 1. The second-order valence-corrected chi connectivity index (χ2v) is 3.35. The number of ether oxygens (including phenoxy) is 1. The minimum Gasteiger partial charge on any atom is -0.469 e. The molecule has 90 valence electrons. The number of aromatic nitrogens is 1. The molecule has 0 amide bonds. The van der Waals surface area contributed by atoms with E-state index in [1.807, 2.05) is 0 Å². The van der Waals surface area contributed by atoms with Crippen molar-refractivity contribution in [2.45, 2.75) is 19.8 Å². The van der Waals surface area contributed by atoms with Gasteiger partial charge in [0.2, 0.25) is 0 Å². The van der Waals surface area contributed by atoms with E-state index in [0.717, 1.165) is 0 Å². The number of nitriles is 1. The number of rotatable bonds is 3. The molecule has 0 atom stereocenters. The van der Waals surface area contributed by atoms with E-state index in [0.29, 0.717) is 5.56 Å². The fourth-order valence-corrected chi connectivity index (χ4v) is 1.40. The highest BCUT2D eigenvalue weighted by Gasteiger charge is 2.21. The molecule has 0 N–H and O–H groups in total. The van der Waals surface area contributed by atoms with Gasteiger partial charge in [-0.3, -0.25) is 9.78 Å². The van der Waals surface area contributed by atoms with Gasteiger partial charge in [0.25, 0.3) is 6.43 Å². The molecule has 1 aromatic heterocycles. The monoisotopic (exact) mass is 240 g/mol. The lowest BCUT2D eigenvalue weighted by Crippen LogP contribution is -2.10. The van der Waals surface area contributed by atoms with Gasteiger partial charge in [-0.05, 0) is 18.1 Å². The van der Waals surface area contributed by atoms with Gasteiger partial charge in [0.15, 0.2) is 0 Å². The van der Waals surface area contributed by atoms with Crippen molar-refractivity contribution in [2.24, 2.45) is 0 Å². The van der Waals surface area contributed by atoms with Crippen LogP contribution in [0.4, 0.5) is 8.78 Å². The lowest BCUT2D eigenvalue weighted by atomic mass is 10.00. The molecule has 1 heterocycles. The van der Waals surface area contributed by atoms with Crippen LogP contribution >= 0.6 is 0 Å². The Kier molecular flexibility index (Phi) is 4.10. The summed E-state index contributed by atoms with van der Waals surface area (Å²) in [6.07, 6.45) is -1.84. The number of alkyl halides is 2. The van der Waals surface area contributed by atoms with Gasteiger partial charge in [0, 0.05) is 6.20 Å². The van der Waals surface area contributed by atoms with Gasteiger partial charge in [0.05, 0.1) is 19.1 Å². The summed E-state index contributed by atoms with van der Waals surface area (Å²) in [5.41, 5.74) is -0.0941. The van der Waals surface area contributed by atoms with Crippen LogP contribution in [-0.4, -0.2) is 18.1 Å². The summed E-state index contributed by atoms with van der Waals surface area (Å²) in [6, 6.07) is 1.67. The van der Waals surface area contributed by atoms with Crippen LogP contribution in [0, 0.1) is 18.3 Å². The Bertz CT molecular complexity index is 481. The first kappa shape index (κ1) is 13.0. The Labute approximate surface area is 96.8 Å². The molecule has 0 unspecified atom stereocenters. The van der Waals surface area contributed by atoms with Gasteiger partial charge in [0.1, 0.15) is 11.8 Å². The normalized spacial score (nSPS) is 10.1. The van der Waals surface area contributed by atoms with Crippen LogP contribution in [0.25, 0.3) is 0 Å². The summed E-state index contributed by atoms with van der Waals surface area (Å²) in [6.45, 7) is 1.60. The van der Waals surface area contributed by atoms with Crippen molar-refractivity contribution >= 4 is 5.97 Å². The van der Waals surface area contributed by atoms with Crippen molar-refractivity contribution < 1.29 is 18.3 Å². The SMILES string of the molecule is COC(=O)Cc1c(C)cnc(C(F)F)c1C#N. The molecule has 0 aromatic carbocycles. The third-order valence-electron chi connectivity index (χ3n) is 2.30. The Hall–Kier alpha value is -2.03. The van der Waals surface area contributed by atoms with E-state index in [-0.39, 0.29) is 17.5 Å². The summed E-state index contributed by atoms with van der Waals surface area (Å²) >= 11 is 0.